The topological polar surface area (TPSA) is 15.3 Å². The normalized spacial score (nSPS) is 10.5. The van der Waals surface area contributed by atoms with Crippen LogP contribution in [0.15, 0.2) is 109 Å². The van der Waals surface area contributed by atoms with Crippen molar-refractivity contribution in [3.05, 3.63) is 120 Å². The van der Waals surface area contributed by atoms with Gasteiger partial charge in [0.2, 0.25) is 0 Å². The van der Waals surface area contributed by atoms with E-state index in [-0.39, 0.29) is 0 Å². The minimum atomic E-state index is 0.788. The zero-order valence-corrected chi connectivity index (χ0v) is 16.0. The Morgan fingerprint density at radius 2 is 1.25 bits per heavy atom. The molecule has 0 aromatic heterocycles. The van der Waals surface area contributed by atoms with Gasteiger partial charge in [0.15, 0.2) is 0 Å². The van der Waals surface area contributed by atoms with E-state index in [2.05, 4.69) is 126 Å². The number of nitrogens with one attached hydrogen (secondary N) is 1. The summed E-state index contributed by atoms with van der Waals surface area (Å²) >= 11 is 0. The summed E-state index contributed by atoms with van der Waals surface area (Å²) in [7, 11) is 0. The lowest BCUT2D eigenvalue weighted by atomic mass is 10.1. The maximum atomic E-state index is 3.64. The third-order valence-corrected chi connectivity index (χ3v) is 4.74. The minimum Gasteiger partial charge on any atom is -0.379 e. The van der Waals surface area contributed by atoms with Crippen molar-refractivity contribution in [2.75, 3.05) is 10.2 Å². The zero-order chi connectivity index (χ0) is 19.2. The van der Waals surface area contributed by atoms with Crippen LogP contribution < -0.4 is 10.2 Å². The molecule has 2 nitrogen and oxygen atoms in total. The van der Waals surface area contributed by atoms with Crippen LogP contribution in [0.1, 0.15) is 11.1 Å². The molecule has 28 heavy (non-hydrogen) atoms. The summed E-state index contributed by atoms with van der Waals surface area (Å²) in [5, 5.41) is 3.64. The molecule has 0 amide bonds. The fourth-order valence-electron chi connectivity index (χ4n) is 3.42. The Morgan fingerprint density at radius 3 is 1.89 bits per heavy atom. The molecule has 0 aliphatic heterocycles. The number of benzene rings is 4. The van der Waals surface area contributed by atoms with Crippen LogP contribution >= 0.6 is 0 Å². The average molecular weight is 364 g/mol. The third-order valence-electron chi connectivity index (χ3n) is 4.74. The molecule has 0 aliphatic carbocycles. The average Bonchev–Trinajstić information content (AvgIpc) is 2.75. The smallest absolute Gasteiger partial charge is 0.0693 e. The Hall–Kier alpha value is -3.52. The first-order chi connectivity index (χ1) is 13.8. The molecule has 138 valence electrons. The standard InChI is InChI=1S/C26H24N2/c1-21-11-10-12-22(19-21)20-27-25-17-8-9-18-26(25)28(23-13-4-2-5-14-23)24-15-6-3-7-16-24/h2-19,27H,20H2,1H3. The number of para-hydroxylation sites is 4. The third kappa shape index (κ3) is 4.07. The van der Waals surface area contributed by atoms with Crippen LogP contribution in [-0.2, 0) is 6.54 Å². The summed E-state index contributed by atoms with van der Waals surface area (Å²) < 4.78 is 0. The van der Waals surface area contributed by atoms with E-state index >= 15 is 0 Å². The molecule has 4 aromatic rings. The molecule has 0 bridgehead atoms. The van der Waals surface area contributed by atoms with Gasteiger partial charge in [-0.3, -0.25) is 0 Å². The van der Waals surface area contributed by atoms with Gasteiger partial charge in [-0.05, 0) is 48.9 Å². The first-order valence-corrected chi connectivity index (χ1v) is 9.60. The van der Waals surface area contributed by atoms with Crippen molar-refractivity contribution in [2.45, 2.75) is 13.5 Å². The molecular weight excluding hydrogens is 340 g/mol. The Balaban J connectivity index is 1.71. The van der Waals surface area contributed by atoms with Crippen molar-refractivity contribution in [1.29, 1.82) is 0 Å². The molecule has 0 atom stereocenters. The number of rotatable bonds is 6. The Labute approximate surface area is 167 Å². The first kappa shape index (κ1) is 17.9. The van der Waals surface area contributed by atoms with Crippen molar-refractivity contribution >= 4 is 22.7 Å². The quantitative estimate of drug-likeness (QED) is 0.393. The monoisotopic (exact) mass is 364 g/mol. The number of hydrogen-bond donors (Lipinski definition) is 1. The number of nitrogens with zero attached hydrogens (tertiary/aromatic N) is 1. The van der Waals surface area contributed by atoms with Gasteiger partial charge in [0.1, 0.15) is 0 Å². The van der Waals surface area contributed by atoms with E-state index in [4.69, 9.17) is 0 Å². The summed E-state index contributed by atoms with van der Waals surface area (Å²) in [6.45, 7) is 2.92. The molecule has 0 saturated heterocycles. The van der Waals surface area contributed by atoms with Crippen LogP contribution in [0.25, 0.3) is 0 Å². The van der Waals surface area contributed by atoms with Crippen molar-refractivity contribution in [1.82, 2.24) is 0 Å². The molecule has 0 saturated carbocycles. The van der Waals surface area contributed by atoms with Crippen LogP contribution in [0.2, 0.25) is 0 Å². The fraction of sp³-hybridized carbons (Fsp3) is 0.0769. The predicted molar refractivity (Wildman–Crippen MR) is 120 cm³/mol. The second kappa shape index (κ2) is 8.45. The van der Waals surface area contributed by atoms with Crippen LogP contribution in [0.3, 0.4) is 0 Å². The Kier molecular flexibility index (Phi) is 5.39. The highest BCUT2D eigenvalue weighted by Gasteiger charge is 2.15. The van der Waals surface area contributed by atoms with E-state index in [0.717, 1.165) is 29.3 Å². The molecule has 0 heterocycles. The van der Waals surface area contributed by atoms with Gasteiger partial charge in [-0.1, -0.05) is 78.4 Å². The van der Waals surface area contributed by atoms with E-state index in [0.29, 0.717) is 0 Å². The van der Waals surface area contributed by atoms with Crippen molar-refractivity contribution < 1.29 is 0 Å². The molecule has 2 heteroatoms. The Morgan fingerprint density at radius 1 is 0.643 bits per heavy atom. The van der Waals surface area contributed by atoms with E-state index in [1.165, 1.54) is 11.1 Å². The molecule has 1 N–H and O–H groups in total. The van der Waals surface area contributed by atoms with Crippen LogP contribution in [-0.4, -0.2) is 0 Å². The van der Waals surface area contributed by atoms with E-state index < -0.39 is 0 Å². The molecule has 0 fully saturated rings. The van der Waals surface area contributed by atoms with Gasteiger partial charge in [-0.2, -0.15) is 0 Å². The van der Waals surface area contributed by atoms with Gasteiger partial charge in [-0.15, -0.1) is 0 Å². The van der Waals surface area contributed by atoms with Gasteiger partial charge < -0.3 is 10.2 Å². The van der Waals surface area contributed by atoms with Gasteiger partial charge >= 0.3 is 0 Å². The highest BCUT2D eigenvalue weighted by atomic mass is 15.2. The molecule has 0 unspecified atom stereocenters. The van der Waals surface area contributed by atoms with E-state index in [9.17, 15) is 0 Å². The number of anilines is 4. The van der Waals surface area contributed by atoms with Crippen LogP contribution in [0.4, 0.5) is 22.7 Å². The summed E-state index contributed by atoms with van der Waals surface area (Å²) in [6, 6.07) is 38.1. The second-order valence-electron chi connectivity index (χ2n) is 6.87. The first-order valence-electron chi connectivity index (χ1n) is 9.60. The zero-order valence-electron chi connectivity index (χ0n) is 16.0. The molecular formula is C26H24N2. The van der Waals surface area contributed by atoms with E-state index in [1.807, 2.05) is 0 Å². The second-order valence-corrected chi connectivity index (χ2v) is 6.87. The highest BCUT2D eigenvalue weighted by molar-refractivity contribution is 5.84. The van der Waals surface area contributed by atoms with Crippen molar-refractivity contribution in [3.63, 3.8) is 0 Å². The molecule has 4 aromatic carbocycles. The molecule has 4 rings (SSSR count). The van der Waals surface area contributed by atoms with E-state index in [1.54, 1.807) is 0 Å². The maximum Gasteiger partial charge on any atom is 0.0693 e. The summed E-state index contributed by atoms with van der Waals surface area (Å²) in [5.74, 6) is 0. The van der Waals surface area contributed by atoms with Crippen LogP contribution in [0, 0.1) is 6.92 Å². The minimum absolute atomic E-state index is 0.788. The van der Waals surface area contributed by atoms with Gasteiger partial charge in [0, 0.05) is 17.9 Å². The van der Waals surface area contributed by atoms with Gasteiger partial charge in [-0.25, -0.2) is 0 Å². The van der Waals surface area contributed by atoms with Crippen molar-refractivity contribution in [3.8, 4) is 0 Å². The number of aryl methyl sites for hydroxylation is 1. The highest BCUT2D eigenvalue weighted by Crippen LogP contribution is 2.38. The SMILES string of the molecule is Cc1cccc(CNc2ccccc2N(c2ccccc2)c2ccccc2)c1. The summed E-state index contributed by atoms with van der Waals surface area (Å²) in [4.78, 5) is 2.29. The lowest BCUT2D eigenvalue weighted by Gasteiger charge is -2.27. The van der Waals surface area contributed by atoms with Crippen LogP contribution in [0.5, 0.6) is 0 Å². The molecule has 0 spiro atoms. The lowest BCUT2D eigenvalue weighted by Crippen LogP contribution is -2.12. The largest absolute Gasteiger partial charge is 0.379 e. The fourth-order valence-corrected chi connectivity index (χ4v) is 3.42. The maximum absolute atomic E-state index is 3.64. The summed E-state index contributed by atoms with van der Waals surface area (Å²) in [5.41, 5.74) is 7.07. The predicted octanol–water partition coefficient (Wildman–Crippen LogP) is 7.08. The lowest BCUT2D eigenvalue weighted by molar-refractivity contribution is 1.13. The Bertz CT molecular complexity index is 987. The van der Waals surface area contributed by atoms with Gasteiger partial charge in [0.25, 0.3) is 0 Å². The number of hydrogen-bond acceptors (Lipinski definition) is 2. The molecule has 0 aliphatic rings. The molecule has 0 radical (unpaired) electrons. The van der Waals surface area contributed by atoms with Crippen molar-refractivity contribution in [2.24, 2.45) is 0 Å². The van der Waals surface area contributed by atoms with Gasteiger partial charge in [0.05, 0.1) is 11.4 Å². The summed E-state index contributed by atoms with van der Waals surface area (Å²) in [6.07, 6.45) is 0.